The summed E-state index contributed by atoms with van der Waals surface area (Å²) in [6, 6.07) is 8.38. The molecule has 1 heterocycles. The van der Waals surface area contributed by atoms with Crippen molar-refractivity contribution >= 4 is 29.2 Å². The van der Waals surface area contributed by atoms with Gasteiger partial charge in [-0.3, -0.25) is 0 Å². The van der Waals surface area contributed by atoms with Crippen LogP contribution in [-0.4, -0.2) is 27.1 Å². The molecule has 4 N–H and O–H groups in total. The number of thioether (sulfide) groups is 1. The van der Waals surface area contributed by atoms with Gasteiger partial charge in [-0.05, 0) is 24.6 Å². The van der Waals surface area contributed by atoms with Crippen molar-refractivity contribution in [3.63, 3.8) is 0 Å². The Morgan fingerprint density at radius 2 is 2.00 bits per heavy atom. The third-order valence-electron chi connectivity index (χ3n) is 3.11. The van der Waals surface area contributed by atoms with Crippen molar-refractivity contribution in [1.29, 1.82) is 10.5 Å². The predicted molar refractivity (Wildman–Crippen MR) is 92.6 cm³/mol. The van der Waals surface area contributed by atoms with Gasteiger partial charge in [0.2, 0.25) is 0 Å². The Morgan fingerprint density at radius 3 is 2.54 bits per heavy atom. The van der Waals surface area contributed by atoms with Gasteiger partial charge in [-0.2, -0.15) is 10.5 Å². The van der Waals surface area contributed by atoms with E-state index in [0.29, 0.717) is 21.9 Å². The number of nitriles is 2. The summed E-state index contributed by atoms with van der Waals surface area (Å²) in [7, 11) is 0. The largest absolute Gasteiger partial charge is 0.506 e. The maximum Gasteiger partial charge on any atom is 0.143 e. The molecule has 2 rings (SSSR count). The summed E-state index contributed by atoms with van der Waals surface area (Å²) in [5.74, 6) is 0.204. The molecule has 0 aliphatic heterocycles. The number of hydrogen-bond acceptors (Lipinski definition) is 7. The average Bonchev–Trinajstić information content (AvgIpc) is 2.54. The van der Waals surface area contributed by atoms with Gasteiger partial charge in [0.05, 0.1) is 16.7 Å². The number of nitrogens with two attached hydrogens (primary N) is 1. The molecule has 0 bridgehead atoms. The number of nitrogens with zero attached hydrogens (tertiary/aromatic N) is 3. The first kappa shape index (κ1) is 17.9. The Morgan fingerprint density at radius 1 is 1.33 bits per heavy atom. The van der Waals surface area contributed by atoms with Crippen molar-refractivity contribution in [2.45, 2.75) is 18.1 Å². The van der Waals surface area contributed by atoms with Gasteiger partial charge in [-0.1, -0.05) is 17.7 Å². The van der Waals surface area contributed by atoms with E-state index in [2.05, 4.69) is 4.98 Å². The molecule has 8 heteroatoms. The number of rotatable bonds is 4. The Balaban J connectivity index is 2.74. The highest BCUT2D eigenvalue weighted by atomic mass is 35.5. The lowest BCUT2D eigenvalue weighted by Crippen LogP contribution is -2.07. The minimum atomic E-state index is -0.591. The summed E-state index contributed by atoms with van der Waals surface area (Å²) in [6.45, 7) is 1.62. The van der Waals surface area contributed by atoms with Crippen molar-refractivity contribution in [3.05, 3.63) is 34.3 Å². The van der Waals surface area contributed by atoms with E-state index in [1.54, 1.807) is 13.0 Å². The zero-order valence-electron chi connectivity index (χ0n) is 12.6. The highest BCUT2D eigenvalue weighted by Gasteiger charge is 2.21. The van der Waals surface area contributed by atoms with Crippen LogP contribution >= 0.6 is 23.4 Å². The molecule has 24 heavy (non-hydrogen) atoms. The zero-order chi connectivity index (χ0) is 17.9. The molecule has 0 saturated carbocycles. The van der Waals surface area contributed by atoms with Gasteiger partial charge in [0, 0.05) is 11.3 Å². The third kappa shape index (κ3) is 3.55. The SMILES string of the molecule is CC(O)CSc1nc(N)c(C#N)c(-c2ccc(O)c(Cl)c2)c1C#N. The van der Waals surface area contributed by atoms with Crippen molar-refractivity contribution in [3.8, 4) is 29.0 Å². The van der Waals surface area contributed by atoms with Crippen LogP contribution in [0, 0.1) is 22.7 Å². The Labute approximate surface area is 148 Å². The highest BCUT2D eigenvalue weighted by molar-refractivity contribution is 7.99. The lowest BCUT2D eigenvalue weighted by atomic mass is 9.97. The van der Waals surface area contributed by atoms with Crippen molar-refractivity contribution in [1.82, 2.24) is 4.98 Å². The van der Waals surface area contributed by atoms with Gasteiger partial charge in [0.1, 0.15) is 34.3 Å². The lowest BCUT2D eigenvalue weighted by molar-refractivity contribution is 0.220. The fourth-order valence-electron chi connectivity index (χ4n) is 2.05. The second-order valence-corrected chi connectivity index (χ2v) is 6.39. The molecule has 1 unspecified atom stereocenters. The number of pyridine rings is 1. The van der Waals surface area contributed by atoms with Crippen LogP contribution in [0.2, 0.25) is 5.02 Å². The van der Waals surface area contributed by atoms with Gasteiger partial charge >= 0.3 is 0 Å². The first-order valence-electron chi connectivity index (χ1n) is 6.82. The number of aliphatic hydroxyl groups is 1. The molecule has 6 nitrogen and oxygen atoms in total. The number of phenolic OH excluding ortho intramolecular Hbond substituents is 1. The second-order valence-electron chi connectivity index (χ2n) is 4.98. The lowest BCUT2D eigenvalue weighted by Gasteiger charge is -2.14. The van der Waals surface area contributed by atoms with E-state index in [-0.39, 0.29) is 27.7 Å². The van der Waals surface area contributed by atoms with E-state index in [0.717, 1.165) is 0 Å². The van der Waals surface area contributed by atoms with Crippen LogP contribution in [0.5, 0.6) is 5.75 Å². The van der Waals surface area contributed by atoms with Gasteiger partial charge in [0.25, 0.3) is 0 Å². The number of aromatic nitrogens is 1. The number of anilines is 1. The average molecular weight is 361 g/mol. The monoisotopic (exact) mass is 360 g/mol. The minimum Gasteiger partial charge on any atom is -0.506 e. The molecule has 122 valence electrons. The molecule has 1 aromatic carbocycles. The van der Waals surface area contributed by atoms with Gasteiger partial charge in [0.15, 0.2) is 0 Å². The standard InChI is InChI=1S/C16H13ClN4O2S/c1-8(22)7-24-16-11(6-19)14(10(5-18)15(20)21-16)9-2-3-13(23)12(17)4-9/h2-4,8,22-23H,7H2,1H3,(H2,20,21). The molecule has 0 aliphatic rings. The van der Waals surface area contributed by atoms with Crippen molar-refractivity contribution < 1.29 is 10.2 Å². The quantitative estimate of drug-likeness (QED) is 0.715. The molecule has 0 fully saturated rings. The molecule has 1 aromatic heterocycles. The van der Waals surface area contributed by atoms with Crippen LogP contribution in [0.3, 0.4) is 0 Å². The Bertz CT molecular complexity index is 872. The number of benzene rings is 1. The number of phenols is 1. The maximum atomic E-state index is 9.57. The van der Waals surface area contributed by atoms with Crippen LogP contribution in [0.25, 0.3) is 11.1 Å². The van der Waals surface area contributed by atoms with Crippen LogP contribution in [-0.2, 0) is 0 Å². The van der Waals surface area contributed by atoms with Gasteiger partial charge in [-0.15, -0.1) is 11.8 Å². The number of halogens is 1. The van der Waals surface area contributed by atoms with Crippen molar-refractivity contribution in [2.75, 3.05) is 11.5 Å². The van der Waals surface area contributed by atoms with Crippen LogP contribution in [0.4, 0.5) is 5.82 Å². The number of aromatic hydroxyl groups is 1. The molecule has 0 spiro atoms. The first-order valence-corrected chi connectivity index (χ1v) is 8.18. The van der Waals surface area contributed by atoms with Crippen LogP contribution in [0.15, 0.2) is 23.2 Å². The molecule has 0 amide bonds. The third-order valence-corrected chi connectivity index (χ3v) is 4.63. The van der Waals surface area contributed by atoms with E-state index in [1.165, 1.54) is 23.9 Å². The smallest absolute Gasteiger partial charge is 0.143 e. The minimum absolute atomic E-state index is 0.0104. The summed E-state index contributed by atoms with van der Waals surface area (Å²) >= 11 is 7.11. The fourth-order valence-corrected chi connectivity index (χ4v) is 3.09. The van der Waals surface area contributed by atoms with Crippen molar-refractivity contribution in [2.24, 2.45) is 0 Å². The summed E-state index contributed by atoms with van der Waals surface area (Å²) in [4.78, 5) is 4.12. The summed E-state index contributed by atoms with van der Waals surface area (Å²) < 4.78 is 0. The topological polar surface area (TPSA) is 127 Å². The second kappa shape index (κ2) is 7.41. The van der Waals surface area contributed by atoms with Crippen LogP contribution in [0.1, 0.15) is 18.1 Å². The molecular formula is C16H13ClN4O2S. The molecule has 0 radical (unpaired) electrons. The fraction of sp³-hybridized carbons (Fsp3) is 0.188. The van der Waals surface area contributed by atoms with Gasteiger partial charge < -0.3 is 15.9 Å². The predicted octanol–water partition coefficient (Wildman–Crippen LogP) is 2.91. The number of hydrogen-bond donors (Lipinski definition) is 3. The molecule has 0 saturated heterocycles. The van der Waals surface area contributed by atoms with E-state index in [1.807, 2.05) is 12.1 Å². The highest BCUT2D eigenvalue weighted by Crippen LogP contribution is 2.38. The molecule has 0 aliphatic carbocycles. The summed E-state index contributed by atoms with van der Waals surface area (Å²) in [5.41, 5.74) is 6.88. The molecule has 1 atom stereocenters. The number of aliphatic hydroxyl groups excluding tert-OH is 1. The Kier molecular flexibility index (Phi) is 5.53. The van der Waals surface area contributed by atoms with E-state index >= 15 is 0 Å². The Hall–Kier alpha value is -2.45. The summed E-state index contributed by atoms with van der Waals surface area (Å²) in [6.07, 6.45) is -0.591. The zero-order valence-corrected chi connectivity index (χ0v) is 14.2. The molecule has 2 aromatic rings. The van der Waals surface area contributed by atoms with Gasteiger partial charge in [-0.25, -0.2) is 4.98 Å². The van der Waals surface area contributed by atoms with Crippen LogP contribution < -0.4 is 5.73 Å². The van der Waals surface area contributed by atoms with E-state index < -0.39 is 6.10 Å². The molecular weight excluding hydrogens is 348 g/mol. The number of nitrogen functional groups attached to an aromatic ring is 1. The maximum absolute atomic E-state index is 9.57. The van der Waals surface area contributed by atoms with E-state index in [4.69, 9.17) is 17.3 Å². The first-order chi connectivity index (χ1) is 11.4. The van der Waals surface area contributed by atoms with E-state index in [9.17, 15) is 20.7 Å². The normalized spacial score (nSPS) is 11.5. The summed E-state index contributed by atoms with van der Waals surface area (Å²) in [5, 5.41) is 38.4.